The molecule has 0 fully saturated rings. The van der Waals surface area contributed by atoms with E-state index in [9.17, 15) is 4.79 Å². The van der Waals surface area contributed by atoms with Gasteiger partial charge in [-0.05, 0) is 12.1 Å². The quantitative estimate of drug-likeness (QED) is 0.801. The highest BCUT2D eigenvalue weighted by molar-refractivity contribution is 5.59. The van der Waals surface area contributed by atoms with Crippen LogP contribution in [0.1, 0.15) is 0 Å². The molecular weight excluding hydrogens is 192 g/mol. The van der Waals surface area contributed by atoms with Crippen LogP contribution in [-0.4, -0.2) is 17.1 Å². The van der Waals surface area contributed by atoms with Crippen LogP contribution >= 0.6 is 0 Å². The lowest BCUT2D eigenvalue weighted by Gasteiger charge is -2.03. The van der Waals surface area contributed by atoms with E-state index >= 15 is 0 Å². The molecule has 0 amide bonds. The number of ether oxygens (including phenoxy) is 1. The lowest BCUT2D eigenvalue weighted by atomic mass is 10.1. The Morgan fingerprint density at radius 2 is 2.20 bits per heavy atom. The summed E-state index contributed by atoms with van der Waals surface area (Å²) in [6.45, 7) is 0. The maximum Gasteiger partial charge on any atom is 0.266 e. The summed E-state index contributed by atoms with van der Waals surface area (Å²) in [6, 6.07) is 7.43. The maximum absolute atomic E-state index is 11.1. The second-order valence-electron chi connectivity index (χ2n) is 3.04. The fraction of sp³-hybridized carbons (Fsp3) is 0.0909. The highest BCUT2D eigenvalue weighted by Gasteiger charge is 2.00. The normalized spacial score (nSPS) is 9.93. The number of benzene rings is 1. The van der Waals surface area contributed by atoms with Gasteiger partial charge in [0.25, 0.3) is 5.56 Å². The molecule has 0 atom stereocenters. The molecule has 2 aromatic rings. The molecule has 0 spiro atoms. The van der Waals surface area contributed by atoms with Crippen molar-refractivity contribution in [2.24, 2.45) is 0 Å². The largest absolute Gasteiger partial charge is 0.497 e. The molecule has 0 aliphatic rings. The Hall–Kier alpha value is -2.10. The van der Waals surface area contributed by atoms with E-state index in [-0.39, 0.29) is 5.56 Å². The van der Waals surface area contributed by atoms with Gasteiger partial charge in [0.05, 0.1) is 25.2 Å². The molecule has 4 heteroatoms. The van der Waals surface area contributed by atoms with E-state index in [2.05, 4.69) is 9.97 Å². The van der Waals surface area contributed by atoms with Crippen LogP contribution in [0.5, 0.6) is 5.75 Å². The van der Waals surface area contributed by atoms with Crippen molar-refractivity contribution in [3.63, 3.8) is 0 Å². The third-order valence-electron chi connectivity index (χ3n) is 2.03. The van der Waals surface area contributed by atoms with Gasteiger partial charge in [0.15, 0.2) is 0 Å². The molecule has 76 valence electrons. The van der Waals surface area contributed by atoms with Crippen LogP contribution < -0.4 is 10.3 Å². The van der Waals surface area contributed by atoms with Gasteiger partial charge in [-0.2, -0.15) is 0 Å². The van der Waals surface area contributed by atoms with Crippen LogP contribution in [0.15, 0.2) is 41.5 Å². The standard InChI is InChI=1S/C11H10N2O2/c1-15-9-4-2-3-8(5-9)10-6-12-7-11(14)13-10/h2-7H,1H3,(H,13,14). The van der Waals surface area contributed by atoms with Crippen LogP contribution in [0.4, 0.5) is 0 Å². The summed E-state index contributed by atoms with van der Waals surface area (Å²) in [5.41, 5.74) is 1.34. The molecule has 0 aliphatic carbocycles. The van der Waals surface area contributed by atoms with Gasteiger partial charge in [-0.25, -0.2) is 0 Å². The monoisotopic (exact) mass is 202 g/mol. The molecule has 15 heavy (non-hydrogen) atoms. The van der Waals surface area contributed by atoms with Crippen molar-refractivity contribution in [2.45, 2.75) is 0 Å². The minimum absolute atomic E-state index is 0.213. The second kappa shape index (κ2) is 3.96. The fourth-order valence-electron chi connectivity index (χ4n) is 1.31. The zero-order valence-electron chi connectivity index (χ0n) is 8.23. The molecule has 0 saturated heterocycles. The fourth-order valence-corrected chi connectivity index (χ4v) is 1.31. The molecule has 0 saturated carbocycles. The first-order valence-electron chi connectivity index (χ1n) is 4.48. The zero-order chi connectivity index (χ0) is 10.7. The minimum atomic E-state index is -0.213. The number of hydrogen-bond donors (Lipinski definition) is 1. The molecule has 4 nitrogen and oxygen atoms in total. The number of aromatic amines is 1. The van der Waals surface area contributed by atoms with Crippen molar-refractivity contribution in [1.29, 1.82) is 0 Å². The van der Waals surface area contributed by atoms with E-state index < -0.39 is 0 Å². The van der Waals surface area contributed by atoms with Crippen molar-refractivity contribution >= 4 is 0 Å². The average molecular weight is 202 g/mol. The lowest BCUT2D eigenvalue weighted by Crippen LogP contribution is -2.05. The van der Waals surface area contributed by atoms with Crippen LogP contribution in [0, 0.1) is 0 Å². The zero-order valence-corrected chi connectivity index (χ0v) is 8.23. The van der Waals surface area contributed by atoms with Crippen LogP contribution in [-0.2, 0) is 0 Å². The van der Waals surface area contributed by atoms with E-state index in [1.54, 1.807) is 13.3 Å². The van der Waals surface area contributed by atoms with Gasteiger partial charge in [0.1, 0.15) is 5.75 Å². The number of nitrogens with one attached hydrogen (secondary N) is 1. The van der Waals surface area contributed by atoms with Crippen LogP contribution in [0.2, 0.25) is 0 Å². The first-order chi connectivity index (χ1) is 7.29. The molecule has 0 unspecified atom stereocenters. The molecular formula is C11H10N2O2. The first-order valence-corrected chi connectivity index (χ1v) is 4.48. The number of nitrogens with zero attached hydrogens (tertiary/aromatic N) is 1. The summed E-state index contributed by atoms with van der Waals surface area (Å²) in [4.78, 5) is 17.6. The van der Waals surface area contributed by atoms with E-state index in [4.69, 9.17) is 4.74 Å². The molecule has 0 radical (unpaired) electrons. The lowest BCUT2D eigenvalue weighted by molar-refractivity contribution is 0.415. The summed E-state index contributed by atoms with van der Waals surface area (Å²) >= 11 is 0. The Bertz CT molecular complexity index is 520. The highest BCUT2D eigenvalue weighted by atomic mass is 16.5. The number of aromatic nitrogens is 2. The van der Waals surface area contributed by atoms with E-state index in [0.717, 1.165) is 11.3 Å². The van der Waals surface area contributed by atoms with Gasteiger partial charge in [-0.3, -0.25) is 9.78 Å². The van der Waals surface area contributed by atoms with Crippen LogP contribution in [0.3, 0.4) is 0 Å². The Kier molecular flexibility index (Phi) is 2.49. The van der Waals surface area contributed by atoms with Crippen molar-refractivity contribution in [3.05, 3.63) is 47.0 Å². The van der Waals surface area contributed by atoms with Gasteiger partial charge in [0.2, 0.25) is 0 Å². The predicted molar refractivity (Wildman–Crippen MR) is 56.8 cm³/mol. The van der Waals surface area contributed by atoms with Crippen molar-refractivity contribution in [2.75, 3.05) is 7.11 Å². The van der Waals surface area contributed by atoms with Crippen molar-refractivity contribution in [3.8, 4) is 17.0 Å². The Balaban J connectivity index is 2.49. The average Bonchev–Trinajstić information content (AvgIpc) is 2.29. The van der Waals surface area contributed by atoms with Gasteiger partial charge in [-0.1, -0.05) is 12.1 Å². The first kappa shape index (κ1) is 9.45. The summed E-state index contributed by atoms with van der Waals surface area (Å²) in [6.07, 6.45) is 2.85. The van der Waals surface area contributed by atoms with Gasteiger partial charge in [-0.15, -0.1) is 0 Å². The van der Waals surface area contributed by atoms with Crippen molar-refractivity contribution in [1.82, 2.24) is 9.97 Å². The highest BCUT2D eigenvalue weighted by Crippen LogP contribution is 2.20. The number of hydrogen-bond acceptors (Lipinski definition) is 3. The Labute approximate surface area is 86.6 Å². The Morgan fingerprint density at radius 3 is 2.93 bits per heavy atom. The molecule has 1 aromatic carbocycles. The maximum atomic E-state index is 11.1. The number of rotatable bonds is 2. The van der Waals surface area contributed by atoms with E-state index in [1.807, 2.05) is 24.3 Å². The summed E-state index contributed by atoms with van der Waals surface area (Å²) in [7, 11) is 1.60. The second-order valence-corrected chi connectivity index (χ2v) is 3.04. The van der Waals surface area contributed by atoms with Gasteiger partial charge >= 0.3 is 0 Å². The van der Waals surface area contributed by atoms with Gasteiger partial charge < -0.3 is 9.72 Å². The molecule has 1 aromatic heterocycles. The topological polar surface area (TPSA) is 55.0 Å². The van der Waals surface area contributed by atoms with Crippen molar-refractivity contribution < 1.29 is 4.74 Å². The third kappa shape index (κ3) is 2.04. The number of H-pyrrole nitrogens is 1. The molecule has 2 rings (SSSR count). The van der Waals surface area contributed by atoms with Crippen LogP contribution in [0.25, 0.3) is 11.3 Å². The van der Waals surface area contributed by atoms with E-state index in [0.29, 0.717) is 5.69 Å². The number of methoxy groups -OCH3 is 1. The molecule has 0 aliphatic heterocycles. The summed E-state index contributed by atoms with van der Waals surface area (Å²) < 4.78 is 5.09. The minimum Gasteiger partial charge on any atom is -0.497 e. The molecule has 1 heterocycles. The van der Waals surface area contributed by atoms with Gasteiger partial charge in [0, 0.05) is 5.56 Å². The summed E-state index contributed by atoms with van der Waals surface area (Å²) in [5.74, 6) is 0.747. The predicted octanol–water partition coefficient (Wildman–Crippen LogP) is 1.45. The smallest absolute Gasteiger partial charge is 0.266 e. The summed E-state index contributed by atoms with van der Waals surface area (Å²) in [5, 5.41) is 0. The molecule has 0 bridgehead atoms. The third-order valence-corrected chi connectivity index (χ3v) is 2.03. The SMILES string of the molecule is COc1cccc(-c2cncc(=O)[nH]2)c1. The van der Waals surface area contributed by atoms with E-state index in [1.165, 1.54) is 6.20 Å². The Morgan fingerprint density at radius 1 is 1.33 bits per heavy atom. The molecule has 1 N–H and O–H groups in total.